The minimum Gasteiger partial charge on any atom is -0.453 e. The summed E-state index contributed by atoms with van der Waals surface area (Å²) in [6.07, 6.45) is 3.08. The van der Waals surface area contributed by atoms with Gasteiger partial charge in [-0.15, -0.1) is 0 Å². The fourth-order valence-electron chi connectivity index (χ4n) is 4.46. The zero-order chi connectivity index (χ0) is 15.3. The number of hydrogen-bond acceptors (Lipinski definition) is 2. The largest absolute Gasteiger partial charge is 0.453 e. The zero-order valence-corrected chi connectivity index (χ0v) is 13.1. The van der Waals surface area contributed by atoms with Crippen LogP contribution >= 0.6 is 0 Å². The van der Waals surface area contributed by atoms with Crippen LogP contribution in [0, 0.1) is 11.8 Å². The molecule has 4 heteroatoms. The Hall–Kier alpha value is -1.97. The number of hydrogen-bond donors (Lipinski definition) is 1. The van der Waals surface area contributed by atoms with Gasteiger partial charge in [-0.3, -0.25) is 0 Å². The first-order valence-corrected chi connectivity index (χ1v) is 8.17. The molecule has 2 aliphatic rings. The summed E-state index contributed by atoms with van der Waals surface area (Å²) in [6, 6.07) is 8.57. The molecule has 0 unspecified atom stereocenters. The predicted octanol–water partition coefficient (Wildman–Crippen LogP) is 3.88. The van der Waals surface area contributed by atoms with E-state index in [1.807, 2.05) is 4.90 Å². The van der Waals surface area contributed by atoms with Crippen LogP contribution < -0.4 is 0 Å². The lowest BCUT2D eigenvalue weighted by molar-refractivity contribution is 0.0394. The quantitative estimate of drug-likeness (QED) is 0.868. The number of aromatic nitrogens is 1. The van der Waals surface area contributed by atoms with E-state index in [4.69, 9.17) is 4.74 Å². The Morgan fingerprint density at radius 2 is 2.23 bits per heavy atom. The topological polar surface area (TPSA) is 45.3 Å². The van der Waals surface area contributed by atoms with Gasteiger partial charge in [-0.1, -0.05) is 31.5 Å². The van der Waals surface area contributed by atoms with Crippen LogP contribution in [0.2, 0.25) is 0 Å². The molecule has 0 spiro atoms. The third-order valence-corrected chi connectivity index (χ3v) is 5.56. The molecule has 22 heavy (non-hydrogen) atoms. The van der Waals surface area contributed by atoms with Crippen LogP contribution in [0.3, 0.4) is 0 Å². The summed E-state index contributed by atoms with van der Waals surface area (Å²) in [5, 5.41) is 1.25. The lowest BCUT2D eigenvalue weighted by Gasteiger charge is -2.46. The highest BCUT2D eigenvalue weighted by atomic mass is 16.5. The van der Waals surface area contributed by atoms with E-state index in [1.165, 1.54) is 29.3 Å². The molecule has 1 aliphatic carbocycles. The van der Waals surface area contributed by atoms with Gasteiger partial charge < -0.3 is 14.6 Å². The Bertz CT molecular complexity index is 721. The second-order valence-corrected chi connectivity index (χ2v) is 6.57. The van der Waals surface area contributed by atoms with Crippen molar-refractivity contribution in [2.24, 2.45) is 11.8 Å². The number of methoxy groups -OCH3 is 1. The molecule has 1 aromatic carbocycles. The summed E-state index contributed by atoms with van der Waals surface area (Å²) in [7, 11) is 1.48. The number of amides is 1. The van der Waals surface area contributed by atoms with Crippen LogP contribution in [0.5, 0.6) is 0 Å². The molecule has 2 aromatic rings. The molecule has 1 saturated heterocycles. The SMILES string of the molecule is CC[C@@H]1CN(C(=O)OC)[C@@H]2C[C@H]1Cc1[nH]c3ccccc3c12. The summed E-state index contributed by atoms with van der Waals surface area (Å²) in [5.41, 5.74) is 3.80. The number of aromatic amines is 1. The molecular weight excluding hydrogens is 276 g/mol. The highest BCUT2D eigenvalue weighted by Crippen LogP contribution is 2.47. The van der Waals surface area contributed by atoms with Crippen LogP contribution in [0.15, 0.2) is 24.3 Å². The lowest BCUT2D eigenvalue weighted by atomic mass is 9.71. The number of para-hydroxylation sites is 1. The highest BCUT2D eigenvalue weighted by Gasteiger charge is 2.43. The molecule has 2 heterocycles. The Morgan fingerprint density at radius 3 is 3.00 bits per heavy atom. The van der Waals surface area contributed by atoms with E-state index < -0.39 is 0 Å². The number of carbonyl (C=O) groups excluding carboxylic acids is 1. The number of ether oxygens (including phenoxy) is 1. The van der Waals surface area contributed by atoms with Gasteiger partial charge in [0.05, 0.1) is 13.2 Å². The van der Waals surface area contributed by atoms with Crippen molar-refractivity contribution in [3.63, 3.8) is 0 Å². The summed E-state index contributed by atoms with van der Waals surface area (Å²) in [6.45, 7) is 3.04. The number of carbonyl (C=O) groups is 1. The molecular formula is C18H22N2O2. The Kier molecular flexibility index (Phi) is 3.13. The second kappa shape index (κ2) is 5.04. The van der Waals surface area contributed by atoms with Crippen molar-refractivity contribution < 1.29 is 9.53 Å². The van der Waals surface area contributed by atoms with E-state index in [0.717, 1.165) is 25.8 Å². The molecule has 1 fully saturated rings. The standard InChI is InChI=1S/C18H22N2O2/c1-3-11-10-20(18(21)22-2)16-9-12(11)8-15-17(16)13-6-4-5-7-14(13)19-15/h4-7,11-12,16,19H,3,8-10H2,1-2H3/t11-,12-,16-/m1/s1. The molecule has 0 radical (unpaired) electrons. The molecule has 1 aliphatic heterocycles. The highest BCUT2D eigenvalue weighted by molar-refractivity contribution is 5.86. The molecule has 4 rings (SSSR count). The third kappa shape index (κ3) is 1.86. The number of nitrogens with one attached hydrogen (secondary N) is 1. The number of rotatable bonds is 1. The van der Waals surface area contributed by atoms with Gasteiger partial charge in [0.25, 0.3) is 0 Å². The average Bonchev–Trinajstić information content (AvgIpc) is 2.92. The summed E-state index contributed by atoms with van der Waals surface area (Å²) >= 11 is 0. The van der Waals surface area contributed by atoms with Crippen molar-refractivity contribution in [3.8, 4) is 0 Å². The van der Waals surface area contributed by atoms with Gasteiger partial charge in [0, 0.05) is 28.7 Å². The minimum absolute atomic E-state index is 0.153. The third-order valence-electron chi connectivity index (χ3n) is 5.56. The lowest BCUT2D eigenvalue weighted by Crippen LogP contribution is -2.48. The number of nitrogens with zero attached hydrogens (tertiary/aromatic N) is 1. The minimum atomic E-state index is -0.194. The van der Waals surface area contributed by atoms with Crippen LogP contribution in [-0.4, -0.2) is 29.6 Å². The molecule has 4 nitrogen and oxygen atoms in total. The number of H-pyrrole nitrogens is 1. The molecule has 0 saturated carbocycles. The van der Waals surface area contributed by atoms with E-state index in [2.05, 4.69) is 36.2 Å². The number of benzene rings is 1. The van der Waals surface area contributed by atoms with Crippen molar-refractivity contribution in [1.82, 2.24) is 9.88 Å². The maximum atomic E-state index is 12.3. The van der Waals surface area contributed by atoms with E-state index in [-0.39, 0.29) is 12.1 Å². The first-order valence-electron chi connectivity index (χ1n) is 8.17. The molecule has 2 bridgehead atoms. The molecule has 3 atom stereocenters. The van der Waals surface area contributed by atoms with E-state index in [0.29, 0.717) is 11.8 Å². The summed E-state index contributed by atoms with van der Waals surface area (Å²) in [4.78, 5) is 17.8. The second-order valence-electron chi connectivity index (χ2n) is 6.57. The normalized spacial score (nSPS) is 26.8. The Balaban J connectivity index is 1.86. The van der Waals surface area contributed by atoms with Crippen molar-refractivity contribution in [3.05, 3.63) is 35.5 Å². The van der Waals surface area contributed by atoms with Gasteiger partial charge in [-0.25, -0.2) is 4.79 Å². The maximum Gasteiger partial charge on any atom is 0.410 e. The number of fused-ring (bicyclic) bond motifs is 6. The molecule has 116 valence electrons. The monoisotopic (exact) mass is 298 g/mol. The van der Waals surface area contributed by atoms with Gasteiger partial charge in [0.2, 0.25) is 0 Å². The smallest absolute Gasteiger partial charge is 0.410 e. The average molecular weight is 298 g/mol. The van der Waals surface area contributed by atoms with Crippen molar-refractivity contribution in [2.45, 2.75) is 32.2 Å². The summed E-state index contributed by atoms with van der Waals surface area (Å²) in [5.74, 6) is 1.23. The Labute approximate surface area is 130 Å². The van der Waals surface area contributed by atoms with Gasteiger partial charge in [-0.2, -0.15) is 0 Å². The van der Waals surface area contributed by atoms with E-state index in [1.54, 1.807) is 0 Å². The van der Waals surface area contributed by atoms with Crippen LogP contribution in [-0.2, 0) is 11.2 Å². The molecule has 1 amide bonds. The van der Waals surface area contributed by atoms with Crippen LogP contribution in [0.1, 0.15) is 37.1 Å². The number of likely N-dealkylation sites (tertiary alicyclic amines) is 1. The van der Waals surface area contributed by atoms with Gasteiger partial charge in [0.15, 0.2) is 0 Å². The van der Waals surface area contributed by atoms with Gasteiger partial charge in [-0.05, 0) is 30.7 Å². The van der Waals surface area contributed by atoms with Crippen molar-refractivity contribution >= 4 is 17.0 Å². The maximum absolute atomic E-state index is 12.3. The van der Waals surface area contributed by atoms with E-state index >= 15 is 0 Å². The van der Waals surface area contributed by atoms with Crippen molar-refractivity contribution in [1.29, 1.82) is 0 Å². The molecule has 1 N–H and O–H groups in total. The van der Waals surface area contributed by atoms with Crippen molar-refractivity contribution in [2.75, 3.05) is 13.7 Å². The summed E-state index contributed by atoms with van der Waals surface area (Å²) < 4.78 is 5.05. The first kappa shape index (κ1) is 13.7. The fourth-order valence-corrected chi connectivity index (χ4v) is 4.46. The zero-order valence-electron chi connectivity index (χ0n) is 13.1. The number of piperidine rings is 1. The molecule has 1 aromatic heterocycles. The van der Waals surface area contributed by atoms with Gasteiger partial charge in [0.1, 0.15) is 0 Å². The van der Waals surface area contributed by atoms with Crippen LogP contribution in [0.25, 0.3) is 10.9 Å². The van der Waals surface area contributed by atoms with Gasteiger partial charge >= 0.3 is 6.09 Å². The fraction of sp³-hybridized carbons (Fsp3) is 0.500. The first-order chi connectivity index (χ1) is 10.7. The Morgan fingerprint density at radius 1 is 1.41 bits per heavy atom. The van der Waals surface area contributed by atoms with Crippen LogP contribution in [0.4, 0.5) is 4.79 Å². The van der Waals surface area contributed by atoms with E-state index in [9.17, 15) is 4.79 Å². The predicted molar refractivity (Wildman–Crippen MR) is 85.7 cm³/mol.